The molecule has 0 saturated heterocycles. The van der Waals surface area contributed by atoms with E-state index in [0.29, 0.717) is 36.5 Å². The van der Waals surface area contributed by atoms with Gasteiger partial charge < -0.3 is 23.9 Å². The number of carbonyl (C=O) groups excluding carboxylic acids is 2. The van der Waals surface area contributed by atoms with E-state index in [2.05, 4.69) is 15.9 Å². The fourth-order valence-electron chi connectivity index (χ4n) is 4.10. The van der Waals surface area contributed by atoms with Crippen LogP contribution < -0.4 is 4.74 Å². The SMILES string of the molecule is COCCCN1C(=O)C(O)=C(C(=O)c2cc3cc(Br)ccc3o2)C1c1ccc(OC(C)C)cc1. The van der Waals surface area contributed by atoms with Crippen molar-refractivity contribution < 1.29 is 28.6 Å². The molecule has 0 spiro atoms. The molecule has 178 valence electrons. The molecule has 0 bridgehead atoms. The summed E-state index contributed by atoms with van der Waals surface area (Å²) in [4.78, 5) is 28.1. The minimum absolute atomic E-state index is 0.00179. The summed E-state index contributed by atoms with van der Waals surface area (Å²) in [7, 11) is 1.58. The highest BCUT2D eigenvalue weighted by atomic mass is 79.9. The number of aliphatic hydroxyl groups excluding tert-OH is 1. The number of ketones is 1. The second-order valence-corrected chi connectivity index (χ2v) is 9.28. The van der Waals surface area contributed by atoms with Crippen LogP contribution in [0.25, 0.3) is 11.0 Å². The van der Waals surface area contributed by atoms with Crippen LogP contribution in [0.15, 0.2) is 68.8 Å². The van der Waals surface area contributed by atoms with Gasteiger partial charge in [-0.3, -0.25) is 9.59 Å². The first kappa shape index (κ1) is 24.0. The van der Waals surface area contributed by atoms with Crippen molar-refractivity contribution in [3.8, 4) is 5.75 Å². The number of halogens is 1. The Kier molecular flexibility index (Phi) is 7.09. The summed E-state index contributed by atoms with van der Waals surface area (Å²) in [6, 6.07) is 13.5. The number of furan rings is 1. The van der Waals surface area contributed by atoms with Crippen molar-refractivity contribution in [2.24, 2.45) is 0 Å². The van der Waals surface area contributed by atoms with E-state index in [4.69, 9.17) is 13.9 Å². The number of benzene rings is 2. The fraction of sp³-hybridized carbons (Fsp3) is 0.308. The number of aliphatic hydroxyl groups is 1. The summed E-state index contributed by atoms with van der Waals surface area (Å²) >= 11 is 3.41. The highest BCUT2D eigenvalue weighted by Crippen LogP contribution is 2.40. The van der Waals surface area contributed by atoms with Crippen molar-refractivity contribution in [1.82, 2.24) is 4.90 Å². The largest absolute Gasteiger partial charge is 0.503 e. The third kappa shape index (κ3) is 4.74. The molecule has 2 aromatic carbocycles. The number of rotatable bonds is 9. The molecule has 0 radical (unpaired) electrons. The second kappa shape index (κ2) is 10.0. The summed E-state index contributed by atoms with van der Waals surface area (Å²) in [5, 5.41) is 11.5. The summed E-state index contributed by atoms with van der Waals surface area (Å²) in [6.45, 7) is 4.63. The first-order chi connectivity index (χ1) is 16.3. The standard InChI is InChI=1S/C26H26BrNO6/c1-15(2)33-19-8-5-16(6-9-19)23-22(25(30)26(31)28(23)11-4-12-32-3)24(29)21-14-17-13-18(27)7-10-20(17)34-21/h5-10,13-15,23,30H,4,11-12H2,1-3H3. The van der Waals surface area contributed by atoms with Crippen LogP contribution in [-0.4, -0.2) is 48.1 Å². The maximum absolute atomic E-state index is 13.6. The van der Waals surface area contributed by atoms with Crippen molar-refractivity contribution in [3.05, 3.63) is 75.7 Å². The number of carbonyl (C=O) groups is 2. The molecule has 1 N–H and O–H groups in total. The molecular formula is C26H26BrNO6. The maximum Gasteiger partial charge on any atom is 0.290 e. The molecule has 1 aliphatic rings. The fourth-order valence-corrected chi connectivity index (χ4v) is 4.48. The van der Waals surface area contributed by atoms with Crippen LogP contribution in [0.5, 0.6) is 5.75 Å². The van der Waals surface area contributed by atoms with Crippen LogP contribution in [-0.2, 0) is 9.53 Å². The molecule has 0 aliphatic carbocycles. The van der Waals surface area contributed by atoms with Gasteiger partial charge in [-0.2, -0.15) is 0 Å². The van der Waals surface area contributed by atoms with Crippen molar-refractivity contribution in [1.29, 1.82) is 0 Å². The van der Waals surface area contributed by atoms with Gasteiger partial charge in [0, 0.05) is 30.1 Å². The minimum atomic E-state index is -0.759. The molecule has 7 nitrogen and oxygen atoms in total. The van der Waals surface area contributed by atoms with Gasteiger partial charge in [-0.1, -0.05) is 28.1 Å². The zero-order valence-corrected chi connectivity index (χ0v) is 20.8. The topological polar surface area (TPSA) is 89.2 Å². The van der Waals surface area contributed by atoms with E-state index in [9.17, 15) is 14.7 Å². The van der Waals surface area contributed by atoms with E-state index in [1.54, 1.807) is 43.5 Å². The Morgan fingerprint density at radius 3 is 2.59 bits per heavy atom. The average molecular weight is 528 g/mol. The van der Waals surface area contributed by atoms with Crippen molar-refractivity contribution in [2.45, 2.75) is 32.4 Å². The van der Waals surface area contributed by atoms with E-state index in [-0.39, 0.29) is 17.4 Å². The molecule has 0 saturated carbocycles. The quantitative estimate of drug-likeness (QED) is 0.288. The van der Waals surface area contributed by atoms with Gasteiger partial charge in [-0.05, 0) is 62.2 Å². The molecule has 4 rings (SSSR count). The maximum atomic E-state index is 13.6. The van der Waals surface area contributed by atoms with Crippen LogP contribution in [0.3, 0.4) is 0 Å². The van der Waals surface area contributed by atoms with Crippen molar-refractivity contribution in [2.75, 3.05) is 20.3 Å². The van der Waals surface area contributed by atoms with Gasteiger partial charge >= 0.3 is 0 Å². The van der Waals surface area contributed by atoms with E-state index in [1.807, 2.05) is 26.0 Å². The number of Topliss-reactive ketones (excluding diaryl/α,β-unsaturated/α-hetero) is 1. The predicted octanol–water partition coefficient (Wildman–Crippen LogP) is 5.60. The Morgan fingerprint density at radius 1 is 1.18 bits per heavy atom. The Hall–Kier alpha value is -3.10. The Bertz CT molecular complexity index is 1240. The molecule has 2 heterocycles. The second-order valence-electron chi connectivity index (χ2n) is 8.37. The van der Waals surface area contributed by atoms with Crippen molar-refractivity contribution in [3.63, 3.8) is 0 Å². The van der Waals surface area contributed by atoms with Gasteiger partial charge in [0.25, 0.3) is 5.91 Å². The third-order valence-electron chi connectivity index (χ3n) is 5.57. The molecule has 34 heavy (non-hydrogen) atoms. The van der Waals surface area contributed by atoms with Crippen LogP contribution in [0.4, 0.5) is 0 Å². The van der Waals surface area contributed by atoms with Gasteiger partial charge in [0.1, 0.15) is 11.3 Å². The Labute approximate surface area is 206 Å². The molecule has 3 aromatic rings. The van der Waals surface area contributed by atoms with Crippen LogP contribution in [0, 0.1) is 0 Å². The first-order valence-electron chi connectivity index (χ1n) is 11.0. The highest BCUT2D eigenvalue weighted by Gasteiger charge is 2.44. The van der Waals surface area contributed by atoms with Gasteiger partial charge in [0.05, 0.1) is 17.7 Å². The predicted molar refractivity (Wildman–Crippen MR) is 131 cm³/mol. The minimum Gasteiger partial charge on any atom is -0.503 e. The molecule has 1 atom stereocenters. The molecule has 1 aliphatic heterocycles. The van der Waals surface area contributed by atoms with E-state index < -0.39 is 23.5 Å². The van der Waals surface area contributed by atoms with E-state index in [0.717, 1.165) is 9.86 Å². The molecule has 1 aromatic heterocycles. The highest BCUT2D eigenvalue weighted by molar-refractivity contribution is 9.10. The van der Waals surface area contributed by atoms with Crippen LogP contribution >= 0.6 is 15.9 Å². The van der Waals surface area contributed by atoms with Crippen molar-refractivity contribution >= 4 is 38.6 Å². The Morgan fingerprint density at radius 2 is 1.91 bits per heavy atom. The number of nitrogens with zero attached hydrogens (tertiary/aromatic N) is 1. The molecular weight excluding hydrogens is 502 g/mol. The van der Waals surface area contributed by atoms with E-state index in [1.165, 1.54) is 4.90 Å². The number of hydrogen-bond acceptors (Lipinski definition) is 6. The zero-order chi connectivity index (χ0) is 24.4. The molecule has 0 fully saturated rings. The van der Waals surface area contributed by atoms with Crippen LogP contribution in [0.1, 0.15) is 42.4 Å². The lowest BCUT2D eigenvalue weighted by molar-refractivity contribution is -0.129. The van der Waals surface area contributed by atoms with Gasteiger partial charge in [-0.25, -0.2) is 0 Å². The summed E-state index contributed by atoms with van der Waals surface area (Å²) in [5.74, 6) is -0.939. The lowest BCUT2D eigenvalue weighted by atomic mass is 9.95. The monoisotopic (exact) mass is 527 g/mol. The molecule has 1 amide bonds. The lowest BCUT2D eigenvalue weighted by Crippen LogP contribution is -2.32. The number of hydrogen-bond donors (Lipinski definition) is 1. The van der Waals surface area contributed by atoms with E-state index >= 15 is 0 Å². The molecule has 1 unspecified atom stereocenters. The molecule has 8 heteroatoms. The van der Waals surface area contributed by atoms with Gasteiger partial charge in [-0.15, -0.1) is 0 Å². The lowest BCUT2D eigenvalue weighted by Gasteiger charge is -2.26. The zero-order valence-electron chi connectivity index (χ0n) is 19.2. The van der Waals surface area contributed by atoms with Crippen LogP contribution in [0.2, 0.25) is 0 Å². The first-order valence-corrected chi connectivity index (χ1v) is 11.8. The third-order valence-corrected chi connectivity index (χ3v) is 6.06. The van der Waals surface area contributed by atoms with Gasteiger partial charge in [0.2, 0.25) is 5.78 Å². The Balaban J connectivity index is 1.73. The summed E-state index contributed by atoms with van der Waals surface area (Å²) < 4.78 is 17.5. The normalized spacial score (nSPS) is 16.2. The number of methoxy groups -OCH3 is 1. The number of fused-ring (bicyclic) bond motifs is 1. The number of amides is 1. The number of ether oxygens (including phenoxy) is 2. The average Bonchev–Trinajstić information content (AvgIpc) is 3.33. The van der Waals surface area contributed by atoms with Gasteiger partial charge in [0.15, 0.2) is 11.5 Å². The summed E-state index contributed by atoms with van der Waals surface area (Å²) in [5.41, 5.74) is 1.23. The summed E-state index contributed by atoms with van der Waals surface area (Å²) in [6.07, 6.45) is 0.569. The smallest absolute Gasteiger partial charge is 0.290 e.